The van der Waals surface area contributed by atoms with E-state index in [1.807, 2.05) is 0 Å². The molecule has 0 unspecified atom stereocenters. The minimum Gasteiger partial charge on any atom is -0.487 e. The summed E-state index contributed by atoms with van der Waals surface area (Å²) in [6.07, 6.45) is 1.77. The van der Waals surface area contributed by atoms with Gasteiger partial charge in [-0.05, 0) is 12.1 Å². The standard InChI is InChI=1S/C11H13N5O2/c1-16-6-9(13-15-16)7-18-10-4-2-3-8(5-10)11(12)14-17/h2-6,17H,7H2,1H3,(H2,12,14). The molecule has 0 bridgehead atoms. The molecule has 0 aliphatic carbocycles. The van der Waals surface area contributed by atoms with E-state index in [1.54, 1.807) is 42.2 Å². The molecular weight excluding hydrogens is 234 g/mol. The van der Waals surface area contributed by atoms with E-state index in [0.29, 0.717) is 17.9 Å². The largest absolute Gasteiger partial charge is 0.487 e. The van der Waals surface area contributed by atoms with Gasteiger partial charge in [0, 0.05) is 12.6 Å². The third-order valence-electron chi connectivity index (χ3n) is 2.27. The van der Waals surface area contributed by atoms with Crippen molar-refractivity contribution < 1.29 is 9.94 Å². The summed E-state index contributed by atoms with van der Waals surface area (Å²) in [6, 6.07) is 6.96. The van der Waals surface area contributed by atoms with Crippen LogP contribution in [-0.2, 0) is 13.7 Å². The van der Waals surface area contributed by atoms with Gasteiger partial charge in [0.15, 0.2) is 5.84 Å². The highest BCUT2D eigenvalue weighted by Crippen LogP contribution is 2.14. The summed E-state index contributed by atoms with van der Waals surface area (Å²) in [5.74, 6) is 0.657. The van der Waals surface area contributed by atoms with Crippen LogP contribution < -0.4 is 10.5 Å². The topological polar surface area (TPSA) is 98.5 Å². The first kappa shape index (κ1) is 11.9. The van der Waals surface area contributed by atoms with Crippen LogP contribution in [-0.4, -0.2) is 26.0 Å². The monoisotopic (exact) mass is 247 g/mol. The van der Waals surface area contributed by atoms with Crippen LogP contribution in [0.1, 0.15) is 11.3 Å². The molecule has 2 rings (SSSR count). The van der Waals surface area contributed by atoms with E-state index < -0.39 is 0 Å². The number of aryl methyl sites for hydroxylation is 1. The minimum absolute atomic E-state index is 0.0416. The molecule has 0 saturated heterocycles. The van der Waals surface area contributed by atoms with Crippen LogP contribution in [0.2, 0.25) is 0 Å². The Morgan fingerprint density at radius 1 is 1.56 bits per heavy atom. The molecule has 0 aliphatic heterocycles. The number of benzene rings is 1. The number of oxime groups is 1. The van der Waals surface area contributed by atoms with Gasteiger partial charge < -0.3 is 15.7 Å². The Bertz CT molecular complexity index is 564. The summed E-state index contributed by atoms with van der Waals surface area (Å²) >= 11 is 0. The highest BCUT2D eigenvalue weighted by molar-refractivity contribution is 5.97. The first-order valence-corrected chi connectivity index (χ1v) is 5.25. The molecule has 0 atom stereocenters. The van der Waals surface area contributed by atoms with Gasteiger partial charge in [-0.15, -0.1) is 5.10 Å². The quantitative estimate of drug-likeness (QED) is 0.354. The van der Waals surface area contributed by atoms with Gasteiger partial charge in [-0.1, -0.05) is 22.5 Å². The summed E-state index contributed by atoms with van der Waals surface area (Å²) in [6.45, 7) is 0.313. The van der Waals surface area contributed by atoms with Gasteiger partial charge in [-0.2, -0.15) is 0 Å². The number of hydrogen-bond donors (Lipinski definition) is 2. The zero-order valence-corrected chi connectivity index (χ0v) is 9.82. The average Bonchev–Trinajstić information content (AvgIpc) is 2.81. The van der Waals surface area contributed by atoms with Crippen LogP contribution >= 0.6 is 0 Å². The minimum atomic E-state index is 0.0416. The Kier molecular flexibility index (Phi) is 3.42. The second-order valence-corrected chi connectivity index (χ2v) is 3.69. The number of rotatable bonds is 4. The maximum atomic E-state index is 8.59. The molecule has 0 saturated carbocycles. The van der Waals surface area contributed by atoms with Crippen molar-refractivity contribution in [1.82, 2.24) is 15.0 Å². The van der Waals surface area contributed by atoms with Gasteiger partial charge in [0.1, 0.15) is 18.1 Å². The van der Waals surface area contributed by atoms with Gasteiger partial charge in [0.25, 0.3) is 0 Å². The number of nitrogens with two attached hydrogens (primary N) is 1. The normalized spacial score (nSPS) is 11.5. The van der Waals surface area contributed by atoms with Crippen LogP contribution in [0, 0.1) is 0 Å². The zero-order valence-electron chi connectivity index (χ0n) is 9.82. The third-order valence-corrected chi connectivity index (χ3v) is 2.27. The molecule has 0 fully saturated rings. The van der Waals surface area contributed by atoms with Crippen molar-refractivity contribution in [2.75, 3.05) is 0 Å². The number of ether oxygens (including phenoxy) is 1. The van der Waals surface area contributed by atoms with Crippen molar-refractivity contribution in [3.05, 3.63) is 41.7 Å². The predicted molar refractivity (Wildman–Crippen MR) is 64.3 cm³/mol. The predicted octanol–water partition coefficient (Wildman–Crippen LogP) is 0.489. The first-order valence-electron chi connectivity index (χ1n) is 5.25. The summed E-state index contributed by atoms with van der Waals surface area (Å²) in [5.41, 5.74) is 6.81. The first-order chi connectivity index (χ1) is 8.69. The van der Waals surface area contributed by atoms with Crippen LogP contribution in [0.3, 0.4) is 0 Å². The maximum absolute atomic E-state index is 8.59. The zero-order chi connectivity index (χ0) is 13.0. The van der Waals surface area contributed by atoms with Crippen LogP contribution in [0.5, 0.6) is 5.75 Å². The molecule has 7 heteroatoms. The molecule has 1 heterocycles. The van der Waals surface area contributed by atoms with Gasteiger partial charge >= 0.3 is 0 Å². The van der Waals surface area contributed by atoms with E-state index in [1.165, 1.54) is 0 Å². The van der Waals surface area contributed by atoms with Crippen molar-refractivity contribution in [3.63, 3.8) is 0 Å². The van der Waals surface area contributed by atoms with E-state index >= 15 is 0 Å². The summed E-state index contributed by atoms with van der Waals surface area (Å²) in [5, 5.41) is 19.2. The average molecular weight is 247 g/mol. The van der Waals surface area contributed by atoms with Crippen molar-refractivity contribution in [2.24, 2.45) is 17.9 Å². The fraction of sp³-hybridized carbons (Fsp3) is 0.182. The van der Waals surface area contributed by atoms with Crippen molar-refractivity contribution in [2.45, 2.75) is 6.61 Å². The smallest absolute Gasteiger partial charge is 0.170 e. The molecule has 0 radical (unpaired) electrons. The molecule has 7 nitrogen and oxygen atoms in total. The van der Waals surface area contributed by atoms with Crippen LogP contribution in [0.4, 0.5) is 0 Å². The van der Waals surface area contributed by atoms with E-state index in [9.17, 15) is 0 Å². The summed E-state index contributed by atoms with van der Waals surface area (Å²) in [4.78, 5) is 0. The van der Waals surface area contributed by atoms with Crippen molar-refractivity contribution >= 4 is 5.84 Å². The number of nitrogens with zero attached hydrogens (tertiary/aromatic N) is 4. The van der Waals surface area contributed by atoms with Gasteiger partial charge in [-0.25, -0.2) is 0 Å². The molecule has 3 N–H and O–H groups in total. The number of hydrogen-bond acceptors (Lipinski definition) is 5. The number of amidine groups is 1. The lowest BCUT2D eigenvalue weighted by Crippen LogP contribution is -2.12. The van der Waals surface area contributed by atoms with E-state index in [-0.39, 0.29) is 5.84 Å². The highest BCUT2D eigenvalue weighted by Gasteiger charge is 2.03. The molecular formula is C11H13N5O2. The lowest BCUT2D eigenvalue weighted by molar-refractivity contribution is 0.301. The second kappa shape index (κ2) is 5.17. The molecule has 18 heavy (non-hydrogen) atoms. The SMILES string of the molecule is Cn1cc(COc2cccc(/C(N)=N/O)c2)nn1. The van der Waals surface area contributed by atoms with Crippen molar-refractivity contribution in [3.8, 4) is 5.75 Å². The Hall–Kier alpha value is -2.57. The fourth-order valence-electron chi connectivity index (χ4n) is 1.42. The molecule has 0 spiro atoms. The van der Waals surface area contributed by atoms with Gasteiger partial charge in [-0.3, -0.25) is 4.68 Å². The second-order valence-electron chi connectivity index (χ2n) is 3.69. The highest BCUT2D eigenvalue weighted by atomic mass is 16.5. The Morgan fingerprint density at radius 3 is 3.06 bits per heavy atom. The molecule has 1 aromatic heterocycles. The molecule has 1 aromatic carbocycles. The third kappa shape index (κ3) is 2.76. The van der Waals surface area contributed by atoms with E-state index in [0.717, 1.165) is 5.69 Å². The lowest BCUT2D eigenvalue weighted by Gasteiger charge is -2.05. The lowest BCUT2D eigenvalue weighted by atomic mass is 10.2. The van der Waals surface area contributed by atoms with E-state index in [4.69, 9.17) is 15.7 Å². The van der Waals surface area contributed by atoms with Gasteiger partial charge in [0.2, 0.25) is 0 Å². The maximum Gasteiger partial charge on any atom is 0.170 e. The molecule has 0 amide bonds. The fourth-order valence-corrected chi connectivity index (χ4v) is 1.42. The summed E-state index contributed by atoms with van der Waals surface area (Å²) < 4.78 is 7.14. The van der Waals surface area contributed by atoms with Crippen molar-refractivity contribution in [1.29, 1.82) is 0 Å². The van der Waals surface area contributed by atoms with Crippen LogP contribution in [0.25, 0.3) is 0 Å². The molecule has 94 valence electrons. The Balaban J connectivity index is 2.05. The van der Waals surface area contributed by atoms with E-state index in [2.05, 4.69) is 15.5 Å². The Labute approximate surface area is 103 Å². The van der Waals surface area contributed by atoms with Crippen LogP contribution in [0.15, 0.2) is 35.6 Å². The van der Waals surface area contributed by atoms with Gasteiger partial charge in [0.05, 0.1) is 6.20 Å². The Morgan fingerprint density at radius 2 is 2.39 bits per heavy atom. The number of aromatic nitrogens is 3. The molecule has 2 aromatic rings. The molecule has 0 aliphatic rings. The summed E-state index contributed by atoms with van der Waals surface area (Å²) in [7, 11) is 1.79.